The van der Waals surface area contributed by atoms with Gasteiger partial charge in [0.1, 0.15) is 5.75 Å². The second-order valence-corrected chi connectivity index (χ2v) is 11.1. The first-order valence-electron chi connectivity index (χ1n) is 13.0. The number of likely N-dealkylation sites (tertiary alicyclic amines) is 1. The van der Waals surface area contributed by atoms with Crippen LogP contribution in [0.5, 0.6) is 5.75 Å². The third-order valence-electron chi connectivity index (χ3n) is 7.42. The first kappa shape index (κ1) is 29.2. The summed E-state index contributed by atoms with van der Waals surface area (Å²) in [6.45, 7) is 1.89. The molecule has 1 saturated heterocycles. The minimum Gasteiger partial charge on any atom is -0.497 e. The molecule has 210 valence electrons. The second kappa shape index (κ2) is 13.0. The maximum absolute atomic E-state index is 13.3. The number of hydrogen-bond donors (Lipinski definition) is 2. The smallest absolute Gasteiger partial charge is 0.417 e. The topological polar surface area (TPSA) is 82.9 Å². The number of nitrogens with zero attached hydrogens (tertiary/aromatic N) is 2. The van der Waals surface area contributed by atoms with E-state index in [4.69, 9.17) is 4.74 Å². The number of methoxy groups -OCH3 is 1. The Hall–Kier alpha value is -2.82. The van der Waals surface area contributed by atoms with Crippen molar-refractivity contribution in [2.75, 3.05) is 32.5 Å². The number of benzene rings is 2. The molecule has 10 heteroatoms. The van der Waals surface area contributed by atoms with Crippen molar-refractivity contribution in [3.05, 3.63) is 65.9 Å². The Kier molecular flexibility index (Phi) is 9.74. The summed E-state index contributed by atoms with van der Waals surface area (Å²) in [7, 11) is 1.59. The largest absolute Gasteiger partial charge is 0.497 e. The fourth-order valence-corrected chi connectivity index (χ4v) is 6.48. The summed E-state index contributed by atoms with van der Waals surface area (Å²) in [5.74, 6) is 0.332. The van der Waals surface area contributed by atoms with E-state index in [0.29, 0.717) is 37.4 Å². The fraction of sp³-hybridized carbons (Fsp3) is 0.448. The van der Waals surface area contributed by atoms with Gasteiger partial charge in [0, 0.05) is 41.7 Å². The number of aliphatic carboxylic acids is 1. The molecule has 3 aromatic rings. The molecule has 2 N–H and O–H groups in total. The summed E-state index contributed by atoms with van der Waals surface area (Å²) in [4.78, 5) is 18.3. The first-order chi connectivity index (χ1) is 18.7. The van der Waals surface area contributed by atoms with Crippen molar-refractivity contribution in [3.8, 4) is 5.75 Å². The van der Waals surface area contributed by atoms with Crippen LogP contribution >= 0.6 is 11.8 Å². The predicted octanol–water partition coefficient (Wildman–Crippen LogP) is 6.28. The maximum atomic E-state index is 13.3. The van der Waals surface area contributed by atoms with Crippen molar-refractivity contribution in [3.63, 3.8) is 0 Å². The van der Waals surface area contributed by atoms with Gasteiger partial charge in [0.25, 0.3) is 0 Å². The van der Waals surface area contributed by atoms with Crippen LogP contribution in [0.2, 0.25) is 0 Å². The Morgan fingerprint density at radius 2 is 2.00 bits per heavy atom. The molecule has 0 saturated carbocycles. The molecule has 2 aromatic carbocycles. The molecule has 39 heavy (non-hydrogen) atoms. The van der Waals surface area contributed by atoms with Gasteiger partial charge in [-0.25, -0.2) is 0 Å². The van der Waals surface area contributed by atoms with Crippen LogP contribution in [0.3, 0.4) is 0 Å². The van der Waals surface area contributed by atoms with E-state index in [1.54, 1.807) is 25.4 Å². The number of carboxylic acids is 1. The van der Waals surface area contributed by atoms with Crippen molar-refractivity contribution < 1.29 is 32.9 Å². The van der Waals surface area contributed by atoms with Crippen molar-refractivity contribution in [1.82, 2.24) is 9.88 Å². The highest BCUT2D eigenvalue weighted by Crippen LogP contribution is 2.37. The third-order valence-corrected chi connectivity index (χ3v) is 8.48. The minimum absolute atomic E-state index is 0.0245. The summed E-state index contributed by atoms with van der Waals surface area (Å²) in [5, 5.41) is 21.4. The number of hydrogen-bond acceptors (Lipinski definition) is 6. The zero-order chi connectivity index (χ0) is 28.0. The molecule has 1 aliphatic rings. The lowest BCUT2D eigenvalue weighted by atomic mass is 9.79. The highest BCUT2D eigenvalue weighted by atomic mass is 32.2. The quantitative estimate of drug-likeness (QED) is 0.266. The number of thioether (sulfide) groups is 1. The lowest BCUT2D eigenvalue weighted by Gasteiger charge is -2.38. The van der Waals surface area contributed by atoms with E-state index < -0.39 is 23.8 Å². The van der Waals surface area contributed by atoms with Crippen molar-refractivity contribution in [1.29, 1.82) is 0 Å². The Labute approximate surface area is 230 Å². The molecular formula is C29H33F3N2O4S. The molecule has 1 fully saturated rings. The number of alkyl halides is 3. The molecule has 0 radical (unpaired) electrons. The molecule has 0 aliphatic carbocycles. The SMILES string of the molecule is COc1ccc2nccc([C@H](O)CC[C@@H]3CCN(CCSc4ccccc4C(F)(F)F)C[C@@H]3CC(=O)O)c2c1. The lowest BCUT2D eigenvalue weighted by Crippen LogP contribution is -2.42. The highest BCUT2D eigenvalue weighted by molar-refractivity contribution is 7.99. The summed E-state index contributed by atoms with van der Waals surface area (Å²) >= 11 is 1.17. The number of rotatable bonds is 11. The van der Waals surface area contributed by atoms with Crippen molar-refractivity contribution in [2.45, 2.75) is 42.9 Å². The van der Waals surface area contributed by atoms with Crippen LogP contribution in [0.15, 0.2) is 59.6 Å². The molecule has 2 heterocycles. The minimum atomic E-state index is -4.40. The number of carbonyl (C=O) groups is 1. The number of carboxylic acid groups (broad SMARTS) is 1. The average Bonchev–Trinajstić information content (AvgIpc) is 2.91. The molecule has 0 bridgehead atoms. The van der Waals surface area contributed by atoms with Crippen LogP contribution in [0.4, 0.5) is 13.2 Å². The Morgan fingerprint density at radius 1 is 1.21 bits per heavy atom. The highest BCUT2D eigenvalue weighted by Gasteiger charge is 2.34. The Morgan fingerprint density at radius 3 is 2.74 bits per heavy atom. The number of aliphatic hydroxyl groups excluding tert-OH is 1. The monoisotopic (exact) mass is 562 g/mol. The van der Waals surface area contributed by atoms with E-state index in [2.05, 4.69) is 9.88 Å². The molecule has 4 rings (SSSR count). The predicted molar refractivity (Wildman–Crippen MR) is 145 cm³/mol. The van der Waals surface area contributed by atoms with E-state index in [1.807, 2.05) is 18.2 Å². The van der Waals surface area contributed by atoms with Gasteiger partial charge in [0.2, 0.25) is 0 Å². The number of piperidine rings is 1. The summed E-state index contributed by atoms with van der Waals surface area (Å²) < 4.78 is 45.2. The lowest BCUT2D eigenvalue weighted by molar-refractivity contribution is -0.140. The number of pyridine rings is 1. The molecule has 1 aromatic heterocycles. The summed E-state index contributed by atoms with van der Waals surface area (Å²) in [5.41, 5.74) is 0.902. The van der Waals surface area contributed by atoms with Gasteiger partial charge in [-0.05, 0) is 79.6 Å². The number of aliphatic hydroxyl groups is 1. The van der Waals surface area contributed by atoms with Crippen LogP contribution in [-0.2, 0) is 11.0 Å². The number of halogens is 3. The Bertz CT molecular complexity index is 1270. The van der Waals surface area contributed by atoms with Gasteiger partial charge in [0.05, 0.1) is 24.3 Å². The van der Waals surface area contributed by atoms with Crippen LogP contribution in [0.1, 0.15) is 42.9 Å². The average molecular weight is 563 g/mol. The standard InChI is InChI=1S/C29H33F3N2O4S/c1-38-21-7-8-25-23(17-21)22(10-12-33-25)26(35)9-6-19-11-13-34(18-20(19)16-28(36)37)14-15-39-27-5-3-2-4-24(27)29(30,31)32/h2-5,7-8,10,12,17,19-20,26,35H,6,9,11,13-16,18H2,1H3,(H,36,37)/t19-,20+,26-/m1/s1. The number of aromatic nitrogens is 1. The van der Waals surface area contributed by atoms with E-state index in [9.17, 15) is 28.2 Å². The molecule has 0 spiro atoms. The van der Waals surface area contributed by atoms with Crippen molar-refractivity contribution >= 4 is 28.6 Å². The van der Waals surface area contributed by atoms with Gasteiger partial charge in [-0.15, -0.1) is 11.8 Å². The van der Waals surface area contributed by atoms with Gasteiger partial charge in [-0.3, -0.25) is 9.78 Å². The second-order valence-electron chi connectivity index (χ2n) is 9.93. The summed E-state index contributed by atoms with van der Waals surface area (Å²) in [6.07, 6.45) is -1.49. The van der Waals surface area contributed by atoms with Gasteiger partial charge in [-0.2, -0.15) is 13.2 Å². The van der Waals surface area contributed by atoms with E-state index >= 15 is 0 Å². The van der Waals surface area contributed by atoms with Gasteiger partial charge < -0.3 is 19.8 Å². The molecule has 6 nitrogen and oxygen atoms in total. The number of fused-ring (bicyclic) bond motifs is 1. The van der Waals surface area contributed by atoms with Gasteiger partial charge in [0.15, 0.2) is 0 Å². The van der Waals surface area contributed by atoms with Gasteiger partial charge >= 0.3 is 12.1 Å². The van der Waals surface area contributed by atoms with Gasteiger partial charge in [-0.1, -0.05) is 12.1 Å². The Balaban J connectivity index is 1.35. The third kappa shape index (κ3) is 7.64. The molecule has 0 amide bonds. The fourth-order valence-electron chi connectivity index (χ4n) is 5.40. The van der Waals surface area contributed by atoms with E-state index in [1.165, 1.54) is 23.9 Å². The van der Waals surface area contributed by atoms with E-state index in [-0.39, 0.29) is 23.2 Å². The van der Waals surface area contributed by atoms with Crippen molar-refractivity contribution in [2.24, 2.45) is 11.8 Å². The van der Waals surface area contributed by atoms with Crippen LogP contribution in [0.25, 0.3) is 10.9 Å². The normalized spacial score (nSPS) is 19.2. The van der Waals surface area contributed by atoms with Crippen LogP contribution < -0.4 is 4.74 Å². The number of ether oxygens (including phenoxy) is 1. The van der Waals surface area contributed by atoms with E-state index in [0.717, 1.165) is 35.5 Å². The van der Waals surface area contributed by atoms with Crippen LogP contribution in [0, 0.1) is 11.8 Å². The molecule has 3 atom stereocenters. The zero-order valence-corrected chi connectivity index (χ0v) is 22.5. The molecular weight excluding hydrogens is 529 g/mol. The van der Waals surface area contributed by atoms with Crippen LogP contribution in [-0.4, -0.2) is 58.6 Å². The molecule has 1 aliphatic heterocycles. The molecule has 0 unspecified atom stereocenters. The zero-order valence-electron chi connectivity index (χ0n) is 21.7. The first-order valence-corrected chi connectivity index (χ1v) is 14.0. The summed E-state index contributed by atoms with van der Waals surface area (Å²) in [6, 6.07) is 12.9. The maximum Gasteiger partial charge on any atom is 0.417 e.